The van der Waals surface area contributed by atoms with E-state index in [1.54, 1.807) is 39.2 Å². The molecule has 0 radical (unpaired) electrons. The number of phenols is 1. The lowest BCUT2D eigenvalue weighted by Crippen LogP contribution is -2.78. The summed E-state index contributed by atoms with van der Waals surface area (Å²) in [6, 6.07) is 3.05. The quantitative estimate of drug-likeness (QED) is 0.486. The monoisotopic (exact) mass is 471 g/mol. The number of phenolic OH excluding ortho intramolecular Hbond substituents is 1. The first kappa shape index (κ1) is 24.0. The number of rotatable bonds is 3. The molecule has 1 aromatic rings. The molecule has 1 amide bonds. The molecule has 4 unspecified atom stereocenters. The van der Waals surface area contributed by atoms with Crippen LogP contribution in [0.4, 0.5) is 5.69 Å². The summed E-state index contributed by atoms with van der Waals surface area (Å²) in [6.45, 7) is 1.48. The van der Waals surface area contributed by atoms with Crippen LogP contribution in [0.1, 0.15) is 29.3 Å². The third-order valence-electron chi connectivity index (χ3n) is 8.21. The molecule has 4 rings (SSSR count). The van der Waals surface area contributed by atoms with Crippen LogP contribution in [-0.2, 0) is 25.6 Å². The van der Waals surface area contributed by atoms with Gasteiger partial charge in [0.05, 0.1) is 17.0 Å². The molecule has 1 aromatic carbocycles. The predicted octanol–water partition coefficient (Wildman–Crippen LogP) is -0.677. The molecule has 182 valence electrons. The van der Waals surface area contributed by atoms with Crippen LogP contribution in [0.25, 0.3) is 0 Å². The topological polar surface area (TPSA) is 158 Å². The zero-order chi connectivity index (χ0) is 25.5. The zero-order valence-electron chi connectivity index (χ0n) is 19.8. The third kappa shape index (κ3) is 2.78. The van der Waals surface area contributed by atoms with Gasteiger partial charge in [0.1, 0.15) is 5.75 Å². The van der Waals surface area contributed by atoms with Crippen molar-refractivity contribution >= 4 is 34.7 Å². The van der Waals surface area contributed by atoms with Crippen molar-refractivity contribution in [1.82, 2.24) is 4.90 Å². The lowest BCUT2D eigenvalue weighted by molar-refractivity contribution is -0.189. The third-order valence-corrected chi connectivity index (χ3v) is 8.21. The molecule has 0 aromatic heterocycles. The van der Waals surface area contributed by atoms with E-state index in [-0.39, 0.29) is 24.2 Å². The number of benzene rings is 1. The van der Waals surface area contributed by atoms with E-state index in [0.29, 0.717) is 11.3 Å². The van der Waals surface area contributed by atoms with Crippen LogP contribution < -0.4 is 10.6 Å². The van der Waals surface area contributed by atoms with Crippen molar-refractivity contribution in [3.8, 4) is 5.75 Å². The van der Waals surface area contributed by atoms with Crippen molar-refractivity contribution in [2.24, 2.45) is 29.4 Å². The van der Waals surface area contributed by atoms with Gasteiger partial charge in [0.25, 0.3) is 0 Å². The number of fused-ring (bicyclic) bond motifs is 3. The summed E-state index contributed by atoms with van der Waals surface area (Å²) in [5.41, 5.74) is 2.32. The van der Waals surface area contributed by atoms with Gasteiger partial charge in [-0.15, -0.1) is 0 Å². The number of hydrogen-bond acceptors (Lipinski definition) is 9. The molecule has 0 heterocycles. The van der Waals surface area contributed by atoms with Crippen molar-refractivity contribution in [2.75, 3.05) is 33.1 Å². The van der Waals surface area contributed by atoms with Gasteiger partial charge in [-0.05, 0) is 57.5 Å². The van der Waals surface area contributed by atoms with Crippen molar-refractivity contribution < 1.29 is 34.2 Å². The first-order chi connectivity index (χ1) is 15.7. The number of hydrogen-bond donors (Lipinski definition) is 3. The smallest absolute Gasteiger partial charge is 0.235 e. The summed E-state index contributed by atoms with van der Waals surface area (Å²) in [5.74, 6) is -10.5. The fourth-order valence-electron chi connectivity index (χ4n) is 6.23. The van der Waals surface area contributed by atoms with Crippen LogP contribution in [-0.4, -0.2) is 83.5 Å². The summed E-state index contributed by atoms with van der Waals surface area (Å²) in [6.07, 6.45) is 0.245. The molecule has 10 heteroatoms. The lowest BCUT2D eigenvalue weighted by Gasteiger charge is -2.57. The number of aliphatic hydroxyl groups is 1. The summed E-state index contributed by atoms with van der Waals surface area (Å²) < 4.78 is 0. The number of carbonyl (C=O) groups excluding carboxylic acids is 5. The zero-order valence-corrected chi connectivity index (χ0v) is 19.8. The first-order valence-electron chi connectivity index (χ1n) is 11.1. The van der Waals surface area contributed by atoms with Crippen molar-refractivity contribution in [1.29, 1.82) is 0 Å². The molecule has 10 nitrogen and oxygen atoms in total. The first-order valence-corrected chi connectivity index (χ1v) is 11.1. The Morgan fingerprint density at radius 1 is 1.06 bits per heavy atom. The maximum atomic E-state index is 13.8. The van der Waals surface area contributed by atoms with Gasteiger partial charge in [-0.25, -0.2) is 0 Å². The highest BCUT2D eigenvalue weighted by Crippen LogP contribution is 2.54. The van der Waals surface area contributed by atoms with Gasteiger partial charge in [0.2, 0.25) is 5.91 Å². The minimum Gasteiger partial charge on any atom is -0.507 e. The fraction of sp³-hybridized carbons (Fsp3) is 0.542. The van der Waals surface area contributed by atoms with E-state index in [0.717, 1.165) is 0 Å². The lowest BCUT2D eigenvalue weighted by atomic mass is 9.49. The largest absolute Gasteiger partial charge is 0.507 e. The van der Waals surface area contributed by atoms with Crippen molar-refractivity contribution in [3.05, 3.63) is 23.3 Å². The molecular formula is C24H29N3O7. The summed E-state index contributed by atoms with van der Waals surface area (Å²) in [5, 5.41) is 22.1. The van der Waals surface area contributed by atoms with E-state index in [1.807, 2.05) is 0 Å². The van der Waals surface area contributed by atoms with Gasteiger partial charge >= 0.3 is 0 Å². The normalized spacial score (nSPS) is 35.0. The molecule has 3 aliphatic rings. The Morgan fingerprint density at radius 2 is 1.68 bits per heavy atom. The van der Waals surface area contributed by atoms with Crippen LogP contribution in [0.3, 0.4) is 0 Å². The number of Topliss-reactive ketones (excluding diaryl/α,β-unsaturated/α-hetero) is 4. The second-order valence-electron chi connectivity index (χ2n) is 10.2. The Hall–Kier alpha value is -3.11. The van der Waals surface area contributed by atoms with Gasteiger partial charge in [0.15, 0.2) is 34.7 Å². The van der Waals surface area contributed by atoms with E-state index in [1.165, 1.54) is 17.9 Å². The Balaban J connectivity index is 1.93. The highest BCUT2D eigenvalue weighted by molar-refractivity contribution is 6.33. The van der Waals surface area contributed by atoms with Gasteiger partial charge < -0.3 is 20.8 Å². The number of nitrogens with zero attached hydrogens (tertiary/aromatic N) is 2. The number of carbonyl (C=O) groups is 5. The standard InChI is InChI=1S/C24H29N3O7/c1-23(27(4)5)14-9-10-8-11-12(26(2)3)6-7-13(28)16(11)18(29)15(10)20(31)24(14,34)21(32)17(19(23)30)22(25)33/h6-7,10,14-15,17,28,34H,8-9H2,1-5H3,(H2,25,33)/t10?,14-,15?,17?,23?,24-/m0/s1. The number of primary amides is 1. The second-order valence-corrected chi connectivity index (χ2v) is 10.2. The van der Waals surface area contributed by atoms with Crippen molar-refractivity contribution in [3.63, 3.8) is 0 Å². The second kappa shape index (κ2) is 7.44. The van der Waals surface area contributed by atoms with Crippen LogP contribution in [0.2, 0.25) is 0 Å². The number of aromatic hydroxyl groups is 1. The van der Waals surface area contributed by atoms with Gasteiger partial charge in [0, 0.05) is 25.7 Å². The highest BCUT2D eigenvalue weighted by atomic mass is 16.3. The number of likely N-dealkylation sites (N-methyl/N-ethyl adjacent to an activating group) is 1. The maximum absolute atomic E-state index is 13.8. The molecule has 34 heavy (non-hydrogen) atoms. The number of amides is 1. The van der Waals surface area contributed by atoms with Crippen LogP contribution in [0, 0.1) is 23.7 Å². The number of ketones is 4. The Morgan fingerprint density at radius 3 is 2.21 bits per heavy atom. The number of anilines is 1. The fourth-order valence-corrected chi connectivity index (χ4v) is 6.23. The average molecular weight is 472 g/mol. The molecule has 6 atom stereocenters. The van der Waals surface area contributed by atoms with E-state index in [4.69, 9.17) is 5.73 Å². The van der Waals surface area contributed by atoms with Gasteiger partial charge in [-0.2, -0.15) is 0 Å². The van der Waals surface area contributed by atoms with Crippen LogP contribution >= 0.6 is 0 Å². The molecule has 4 N–H and O–H groups in total. The Bertz CT molecular complexity index is 1160. The van der Waals surface area contributed by atoms with E-state index >= 15 is 0 Å². The van der Waals surface area contributed by atoms with Crippen molar-refractivity contribution in [2.45, 2.75) is 30.9 Å². The predicted molar refractivity (Wildman–Crippen MR) is 120 cm³/mol. The minimum atomic E-state index is -2.74. The summed E-state index contributed by atoms with van der Waals surface area (Å²) in [7, 11) is 6.71. The molecule has 0 spiro atoms. The van der Waals surface area contributed by atoms with Gasteiger partial charge in [-0.3, -0.25) is 28.9 Å². The highest BCUT2D eigenvalue weighted by Gasteiger charge is 2.72. The molecular weight excluding hydrogens is 442 g/mol. The Labute approximate surface area is 196 Å². The summed E-state index contributed by atoms with van der Waals surface area (Å²) >= 11 is 0. The summed E-state index contributed by atoms with van der Waals surface area (Å²) in [4.78, 5) is 69.4. The molecule has 0 bridgehead atoms. The van der Waals surface area contributed by atoms with E-state index in [9.17, 15) is 34.2 Å². The van der Waals surface area contributed by atoms with E-state index < -0.39 is 63.9 Å². The average Bonchev–Trinajstić information content (AvgIpc) is 2.73. The van der Waals surface area contributed by atoms with Crippen LogP contribution in [0.15, 0.2) is 12.1 Å². The maximum Gasteiger partial charge on any atom is 0.235 e. The Kier molecular flexibility index (Phi) is 5.26. The van der Waals surface area contributed by atoms with E-state index in [2.05, 4.69) is 0 Å². The molecule has 2 saturated carbocycles. The number of nitrogens with two attached hydrogens (primary N) is 1. The molecule has 0 saturated heterocycles. The van der Waals surface area contributed by atoms with Crippen LogP contribution in [0.5, 0.6) is 5.75 Å². The van der Waals surface area contributed by atoms with Gasteiger partial charge in [-0.1, -0.05) is 0 Å². The molecule has 0 aliphatic heterocycles. The molecule has 3 aliphatic carbocycles. The molecule has 2 fully saturated rings. The minimum absolute atomic E-state index is 0.0102. The SMILES string of the molecule is CN(C)c1ccc(O)c2c1CC1C[C@H]3C(C)(N(C)C)C(=O)C(C(N)=O)C(=O)[C@@]3(O)C(=O)C1C2=O.